The van der Waals surface area contributed by atoms with Crippen LogP contribution in [-0.4, -0.2) is 12.1 Å². The number of aliphatic imine (C=N–C) groups is 1. The summed E-state index contributed by atoms with van der Waals surface area (Å²) in [6.07, 6.45) is 3.43. The zero-order chi connectivity index (χ0) is 7.14. The van der Waals surface area contributed by atoms with Crippen LogP contribution in [0.2, 0.25) is 0 Å². The van der Waals surface area contributed by atoms with Gasteiger partial charge in [-0.05, 0) is 6.08 Å². The zero-order valence-electron chi connectivity index (χ0n) is 5.09. The fourth-order valence-electron chi connectivity index (χ4n) is 0.945. The number of hydrogen-bond acceptors (Lipinski definition) is 3. The first-order valence-corrected chi connectivity index (χ1v) is 2.85. The molecule has 50 valence electrons. The van der Waals surface area contributed by atoms with Crippen molar-refractivity contribution in [2.75, 3.05) is 0 Å². The third-order valence-corrected chi connectivity index (χ3v) is 1.44. The molecule has 3 N–H and O–H groups in total. The summed E-state index contributed by atoms with van der Waals surface area (Å²) < 4.78 is 0. The lowest BCUT2D eigenvalue weighted by Crippen LogP contribution is -2.35. The molecule has 0 unspecified atom stereocenters. The Morgan fingerprint density at radius 3 is 3.10 bits per heavy atom. The van der Waals surface area contributed by atoms with Gasteiger partial charge in [0, 0.05) is 6.21 Å². The van der Waals surface area contributed by atoms with E-state index in [0.717, 1.165) is 5.70 Å². The van der Waals surface area contributed by atoms with Crippen molar-refractivity contribution in [1.29, 1.82) is 0 Å². The molecule has 0 bridgehead atoms. The highest BCUT2D eigenvalue weighted by Crippen LogP contribution is 2.25. The van der Waals surface area contributed by atoms with Crippen LogP contribution < -0.4 is 11.1 Å². The van der Waals surface area contributed by atoms with Crippen molar-refractivity contribution >= 4 is 12.1 Å². The van der Waals surface area contributed by atoms with Gasteiger partial charge in [0.2, 0.25) is 0 Å². The molecular weight excluding hydrogens is 130 g/mol. The lowest BCUT2D eigenvalue weighted by Gasteiger charge is -2.20. The quantitative estimate of drug-likeness (QED) is 0.497. The number of hydrogen-bond donors (Lipinski definition) is 2. The standard InChI is InChI=1S/C6H5N3O/c7-6(10)5-4-3(9-5)1-2-8-4/h1-2,9H,(H2,7,10). The van der Waals surface area contributed by atoms with Gasteiger partial charge in [-0.3, -0.25) is 9.79 Å². The molecular formula is C6H5N3O. The maximum absolute atomic E-state index is 10.5. The van der Waals surface area contributed by atoms with Gasteiger partial charge in [0.05, 0.1) is 5.70 Å². The van der Waals surface area contributed by atoms with Crippen molar-refractivity contribution < 1.29 is 4.79 Å². The third-order valence-electron chi connectivity index (χ3n) is 1.44. The summed E-state index contributed by atoms with van der Waals surface area (Å²) in [6.45, 7) is 0. The van der Waals surface area contributed by atoms with Crippen LogP contribution in [0.1, 0.15) is 0 Å². The Morgan fingerprint density at radius 2 is 2.50 bits per heavy atom. The largest absolute Gasteiger partial charge is 0.364 e. The maximum Gasteiger partial charge on any atom is 0.267 e. The predicted molar refractivity (Wildman–Crippen MR) is 35.9 cm³/mol. The molecule has 1 amide bonds. The second-order valence-corrected chi connectivity index (χ2v) is 2.07. The Morgan fingerprint density at radius 1 is 1.70 bits per heavy atom. The van der Waals surface area contributed by atoms with E-state index in [0.29, 0.717) is 11.4 Å². The van der Waals surface area contributed by atoms with Gasteiger partial charge < -0.3 is 11.1 Å². The Labute approximate surface area is 57.1 Å². The molecule has 0 aromatic heterocycles. The maximum atomic E-state index is 10.5. The van der Waals surface area contributed by atoms with Crippen molar-refractivity contribution in [2.45, 2.75) is 0 Å². The van der Waals surface area contributed by atoms with E-state index in [-0.39, 0.29) is 0 Å². The van der Waals surface area contributed by atoms with Crippen LogP contribution >= 0.6 is 0 Å². The van der Waals surface area contributed by atoms with Crippen LogP contribution in [0.15, 0.2) is 28.2 Å². The molecule has 2 heterocycles. The number of amides is 1. The minimum absolute atomic E-state index is 0.417. The minimum atomic E-state index is -0.453. The molecule has 4 nitrogen and oxygen atoms in total. The number of nitrogens with one attached hydrogen (secondary N) is 1. The fraction of sp³-hybridized carbons (Fsp3) is 0. The molecule has 0 aromatic rings. The highest BCUT2D eigenvalue weighted by Gasteiger charge is 2.27. The Hall–Kier alpha value is -1.58. The first-order chi connectivity index (χ1) is 4.79. The van der Waals surface area contributed by atoms with E-state index < -0.39 is 5.91 Å². The highest BCUT2D eigenvalue weighted by molar-refractivity contribution is 5.98. The summed E-state index contributed by atoms with van der Waals surface area (Å²) in [5.41, 5.74) is 6.98. The second kappa shape index (κ2) is 1.47. The molecule has 0 radical (unpaired) electrons. The lowest BCUT2D eigenvalue weighted by molar-refractivity contribution is -0.115. The number of allylic oxidation sites excluding steroid dienone is 1. The van der Waals surface area contributed by atoms with E-state index in [9.17, 15) is 4.79 Å². The molecule has 0 saturated heterocycles. The van der Waals surface area contributed by atoms with Gasteiger partial charge in [-0.25, -0.2) is 0 Å². The van der Waals surface area contributed by atoms with Crippen LogP contribution in [0.25, 0.3) is 0 Å². The molecule has 0 spiro atoms. The van der Waals surface area contributed by atoms with Crippen molar-refractivity contribution in [2.24, 2.45) is 10.7 Å². The van der Waals surface area contributed by atoms with Gasteiger partial charge in [0.1, 0.15) is 11.4 Å². The Kier molecular flexibility index (Phi) is 0.768. The summed E-state index contributed by atoms with van der Waals surface area (Å²) in [7, 11) is 0. The zero-order valence-corrected chi connectivity index (χ0v) is 5.09. The van der Waals surface area contributed by atoms with Crippen molar-refractivity contribution in [1.82, 2.24) is 5.32 Å². The topological polar surface area (TPSA) is 67.5 Å². The number of nitrogens with two attached hydrogens (primary N) is 1. The summed E-state index contributed by atoms with van der Waals surface area (Å²) in [6, 6.07) is 0. The number of nitrogens with zero attached hydrogens (tertiary/aromatic N) is 1. The van der Waals surface area contributed by atoms with Crippen LogP contribution in [0.3, 0.4) is 0 Å². The van der Waals surface area contributed by atoms with Gasteiger partial charge in [-0.2, -0.15) is 0 Å². The Bertz CT molecular complexity index is 298. The van der Waals surface area contributed by atoms with Gasteiger partial charge in [-0.15, -0.1) is 0 Å². The van der Waals surface area contributed by atoms with E-state index in [2.05, 4.69) is 10.3 Å². The molecule has 10 heavy (non-hydrogen) atoms. The van der Waals surface area contributed by atoms with Crippen LogP contribution in [0.5, 0.6) is 0 Å². The van der Waals surface area contributed by atoms with Crippen LogP contribution in [0, 0.1) is 0 Å². The smallest absolute Gasteiger partial charge is 0.267 e. The predicted octanol–water partition coefficient (Wildman–Crippen LogP) is -0.745. The number of primary amides is 1. The van der Waals surface area contributed by atoms with Gasteiger partial charge in [-0.1, -0.05) is 0 Å². The average Bonchev–Trinajstić information content (AvgIpc) is 2.11. The molecule has 4 heteroatoms. The van der Waals surface area contributed by atoms with Gasteiger partial charge >= 0.3 is 0 Å². The van der Waals surface area contributed by atoms with E-state index >= 15 is 0 Å². The lowest BCUT2D eigenvalue weighted by atomic mass is 10.1. The first kappa shape index (κ1) is 5.22. The molecule has 0 aliphatic carbocycles. The summed E-state index contributed by atoms with van der Waals surface area (Å²) in [4.78, 5) is 14.4. The molecule has 2 aliphatic rings. The van der Waals surface area contributed by atoms with E-state index in [1.165, 1.54) is 0 Å². The van der Waals surface area contributed by atoms with Crippen molar-refractivity contribution in [3.8, 4) is 0 Å². The number of rotatable bonds is 1. The van der Waals surface area contributed by atoms with Gasteiger partial charge in [0.25, 0.3) is 5.91 Å². The summed E-state index contributed by atoms with van der Waals surface area (Å²) in [5.74, 6) is -0.453. The SMILES string of the molecule is NC(=O)C1=C2N=CC=C2N1. The molecule has 0 atom stereocenters. The summed E-state index contributed by atoms with van der Waals surface area (Å²) >= 11 is 0. The van der Waals surface area contributed by atoms with Crippen molar-refractivity contribution in [3.63, 3.8) is 0 Å². The van der Waals surface area contributed by atoms with Crippen LogP contribution in [0.4, 0.5) is 0 Å². The normalized spacial score (nSPS) is 19.4. The molecule has 0 aromatic carbocycles. The minimum Gasteiger partial charge on any atom is -0.364 e. The highest BCUT2D eigenvalue weighted by atomic mass is 16.1. The van der Waals surface area contributed by atoms with Gasteiger partial charge in [0.15, 0.2) is 0 Å². The number of carbonyl (C=O) groups is 1. The molecule has 2 rings (SSSR count). The van der Waals surface area contributed by atoms with E-state index in [1.807, 2.05) is 0 Å². The molecule has 0 fully saturated rings. The monoisotopic (exact) mass is 135 g/mol. The average molecular weight is 135 g/mol. The summed E-state index contributed by atoms with van der Waals surface area (Å²) in [5, 5.41) is 2.78. The fourth-order valence-corrected chi connectivity index (χ4v) is 0.945. The van der Waals surface area contributed by atoms with Crippen molar-refractivity contribution in [3.05, 3.63) is 23.2 Å². The second-order valence-electron chi connectivity index (χ2n) is 2.07. The molecule has 0 saturated carbocycles. The van der Waals surface area contributed by atoms with Crippen LogP contribution in [-0.2, 0) is 4.79 Å². The first-order valence-electron chi connectivity index (χ1n) is 2.85. The Balaban J connectivity index is 2.45. The third kappa shape index (κ3) is 0.452. The molecule has 2 aliphatic heterocycles. The van der Waals surface area contributed by atoms with E-state index in [1.54, 1.807) is 12.3 Å². The number of carbonyl (C=O) groups excluding carboxylic acids is 1. The number of fused-ring (bicyclic) bond motifs is 1. The van der Waals surface area contributed by atoms with E-state index in [4.69, 9.17) is 5.73 Å².